The predicted molar refractivity (Wildman–Crippen MR) is 86.8 cm³/mol. The molecule has 2 aliphatic heterocycles. The Morgan fingerprint density at radius 2 is 2.00 bits per heavy atom. The van der Waals surface area contributed by atoms with Crippen molar-refractivity contribution in [3.63, 3.8) is 0 Å². The molecule has 2 N–H and O–H groups in total. The van der Waals surface area contributed by atoms with E-state index in [0.29, 0.717) is 17.4 Å². The van der Waals surface area contributed by atoms with Crippen molar-refractivity contribution in [1.29, 1.82) is 0 Å². The standard InChI is InChI=1S/C16H22N2O3.ClH/c1-10-7-8-17-11(2)15(10)18-16(19)14-9-20-12-5-3-4-6-13(12)21-14;/h3-6,10-11,14-15,17H,7-9H2,1-2H3,(H,18,19);1H. The van der Waals surface area contributed by atoms with E-state index < -0.39 is 6.10 Å². The zero-order valence-corrected chi connectivity index (χ0v) is 13.7. The van der Waals surface area contributed by atoms with Crippen LogP contribution in [0.15, 0.2) is 24.3 Å². The van der Waals surface area contributed by atoms with Gasteiger partial charge in [0.05, 0.1) is 0 Å². The fourth-order valence-electron chi connectivity index (χ4n) is 3.01. The number of halogens is 1. The molecule has 0 saturated carbocycles. The van der Waals surface area contributed by atoms with E-state index in [0.717, 1.165) is 13.0 Å². The lowest BCUT2D eigenvalue weighted by Gasteiger charge is -2.37. The van der Waals surface area contributed by atoms with Gasteiger partial charge in [-0.3, -0.25) is 4.79 Å². The Balaban J connectivity index is 0.00000176. The molecule has 0 radical (unpaired) electrons. The number of hydrogen-bond donors (Lipinski definition) is 2. The second-order valence-electron chi connectivity index (χ2n) is 5.91. The molecule has 122 valence electrons. The van der Waals surface area contributed by atoms with Crippen LogP contribution in [-0.4, -0.2) is 37.2 Å². The molecule has 1 aromatic rings. The molecule has 0 aromatic heterocycles. The fraction of sp³-hybridized carbons (Fsp3) is 0.562. The van der Waals surface area contributed by atoms with Gasteiger partial charge in [-0.15, -0.1) is 12.4 Å². The summed E-state index contributed by atoms with van der Waals surface area (Å²) in [7, 11) is 0. The Kier molecular flexibility index (Phi) is 5.53. The van der Waals surface area contributed by atoms with E-state index in [1.165, 1.54) is 0 Å². The van der Waals surface area contributed by atoms with Crippen LogP contribution in [0.25, 0.3) is 0 Å². The molecule has 4 unspecified atom stereocenters. The molecule has 6 heteroatoms. The summed E-state index contributed by atoms with van der Waals surface area (Å²) in [5.74, 6) is 1.69. The second-order valence-corrected chi connectivity index (χ2v) is 5.91. The first kappa shape index (κ1) is 16.9. The number of carbonyl (C=O) groups excluding carboxylic acids is 1. The third kappa shape index (κ3) is 3.47. The van der Waals surface area contributed by atoms with Gasteiger partial charge < -0.3 is 20.1 Å². The summed E-state index contributed by atoms with van der Waals surface area (Å²) in [6.45, 7) is 5.54. The molecular formula is C16H23ClN2O3. The molecule has 5 nitrogen and oxygen atoms in total. The average molecular weight is 327 g/mol. The largest absolute Gasteiger partial charge is 0.485 e. The SMILES string of the molecule is CC1CCNC(C)C1NC(=O)C1COc2ccccc2O1.Cl. The maximum atomic E-state index is 12.4. The maximum absolute atomic E-state index is 12.4. The third-order valence-electron chi connectivity index (χ3n) is 4.33. The number of nitrogens with one attached hydrogen (secondary N) is 2. The van der Waals surface area contributed by atoms with Crippen molar-refractivity contribution in [2.75, 3.05) is 13.2 Å². The number of hydrogen-bond acceptors (Lipinski definition) is 4. The lowest BCUT2D eigenvalue weighted by Crippen LogP contribution is -2.58. The summed E-state index contributed by atoms with van der Waals surface area (Å²) >= 11 is 0. The van der Waals surface area contributed by atoms with Crippen molar-refractivity contribution >= 4 is 18.3 Å². The predicted octanol–water partition coefficient (Wildman–Crippen LogP) is 1.75. The van der Waals surface area contributed by atoms with Crippen LogP contribution >= 0.6 is 12.4 Å². The molecule has 1 fully saturated rings. The van der Waals surface area contributed by atoms with E-state index in [2.05, 4.69) is 24.5 Å². The number of rotatable bonds is 2. The second kappa shape index (κ2) is 7.20. The normalized spacial score (nSPS) is 30.1. The number of fused-ring (bicyclic) bond motifs is 1. The van der Waals surface area contributed by atoms with Gasteiger partial charge in [-0.25, -0.2) is 0 Å². The number of carbonyl (C=O) groups is 1. The molecule has 0 spiro atoms. The van der Waals surface area contributed by atoms with Crippen molar-refractivity contribution in [1.82, 2.24) is 10.6 Å². The van der Waals surface area contributed by atoms with Crippen LogP contribution in [0.3, 0.4) is 0 Å². The van der Waals surface area contributed by atoms with Crippen molar-refractivity contribution in [2.24, 2.45) is 5.92 Å². The highest BCUT2D eigenvalue weighted by molar-refractivity contribution is 5.85. The molecule has 2 heterocycles. The molecule has 0 aliphatic carbocycles. The molecule has 4 atom stereocenters. The quantitative estimate of drug-likeness (QED) is 0.869. The first-order valence-electron chi connectivity index (χ1n) is 7.57. The molecule has 1 aromatic carbocycles. The van der Waals surface area contributed by atoms with Crippen molar-refractivity contribution in [3.05, 3.63) is 24.3 Å². The fourth-order valence-corrected chi connectivity index (χ4v) is 3.01. The molecule has 3 rings (SSSR count). The summed E-state index contributed by atoms with van der Waals surface area (Å²) in [6, 6.07) is 7.83. The Hall–Kier alpha value is -1.46. The smallest absolute Gasteiger partial charge is 0.264 e. The summed E-state index contributed by atoms with van der Waals surface area (Å²) in [4.78, 5) is 12.4. The summed E-state index contributed by atoms with van der Waals surface area (Å²) in [5.41, 5.74) is 0. The van der Waals surface area contributed by atoms with Crippen LogP contribution < -0.4 is 20.1 Å². The molecule has 2 aliphatic rings. The van der Waals surface area contributed by atoms with Crippen LogP contribution in [0, 0.1) is 5.92 Å². The van der Waals surface area contributed by atoms with Gasteiger partial charge in [0.2, 0.25) is 6.10 Å². The maximum Gasteiger partial charge on any atom is 0.264 e. The molecule has 1 amide bonds. The minimum atomic E-state index is -0.582. The first-order chi connectivity index (χ1) is 10.1. The van der Waals surface area contributed by atoms with Crippen LogP contribution in [0.5, 0.6) is 11.5 Å². The van der Waals surface area contributed by atoms with Crippen molar-refractivity contribution in [3.8, 4) is 11.5 Å². The average Bonchev–Trinajstić information content (AvgIpc) is 2.50. The molecule has 22 heavy (non-hydrogen) atoms. The minimum Gasteiger partial charge on any atom is -0.485 e. The van der Waals surface area contributed by atoms with Crippen molar-refractivity contribution < 1.29 is 14.3 Å². The zero-order chi connectivity index (χ0) is 14.8. The third-order valence-corrected chi connectivity index (χ3v) is 4.33. The van der Waals surface area contributed by atoms with Crippen LogP contribution in [0.4, 0.5) is 0 Å². The summed E-state index contributed by atoms with van der Waals surface area (Å²) in [5, 5.41) is 6.51. The van der Waals surface area contributed by atoms with E-state index in [1.54, 1.807) is 0 Å². The van der Waals surface area contributed by atoms with Crippen LogP contribution in [0.1, 0.15) is 20.3 Å². The van der Waals surface area contributed by atoms with Gasteiger partial charge in [0, 0.05) is 12.1 Å². The lowest BCUT2D eigenvalue weighted by molar-refractivity contribution is -0.131. The highest BCUT2D eigenvalue weighted by Gasteiger charge is 2.33. The Bertz CT molecular complexity index is 516. The van der Waals surface area contributed by atoms with Gasteiger partial charge in [-0.1, -0.05) is 19.1 Å². The van der Waals surface area contributed by atoms with Gasteiger partial charge in [0.1, 0.15) is 6.61 Å². The number of ether oxygens (including phenoxy) is 2. The number of piperidine rings is 1. The summed E-state index contributed by atoms with van der Waals surface area (Å²) in [6.07, 6.45) is 0.487. The monoisotopic (exact) mass is 326 g/mol. The highest BCUT2D eigenvalue weighted by atomic mass is 35.5. The van der Waals surface area contributed by atoms with Gasteiger partial charge >= 0.3 is 0 Å². The van der Waals surface area contributed by atoms with E-state index in [4.69, 9.17) is 9.47 Å². The topological polar surface area (TPSA) is 59.6 Å². The van der Waals surface area contributed by atoms with Crippen LogP contribution in [0.2, 0.25) is 0 Å². The Labute approximate surface area is 137 Å². The highest BCUT2D eigenvalue weighted by Crippen LogP contribution is 2.31. The van der Waals surface area contributed by atoms with Gasteiger partial charge in [0.25, 0.3) is 5.91 Å². The molecular weight excluding hydrogens is 304 g/mol. The van der Waals surface area contributed by atoms with E-state index in [1.807, 2.05) is 24.3 Å². The number of amides is 1. The number of benzene rings is 1. The Morgan fingerprint density at radius 1 is 1.27 bits per heavy atom. The lowest BCUT2D eigenvalue weighted by atomic mass is 9.89. The number of para-hydroxylation sites is 2. The van der Waals surface area contributed by atoms with E-state index in [-0.39, 0.29) is 37.0 Å². The molecule has 1 saturated heterocycles. The van der Waals surface area contributed by atoms with Crippen molar-refractivity contribution in [2.45, 2.75) is 38.5 Å². The van der Waals surface area contributed by atoms with Gasteiger partial charge in [-0.05, 0) is 37.9 Å². The molecule has 0 bridgehead atoms. The minimum absolute atomic E-state index is 0. The zero-order valence-electron chi connectivity index (χ0n) is 12.9. The first-order valence-corrected chi connectivity index (χ1v) is 7.57. The van der Waals surface area contributed by atoms with Crippen LogP contribution in [-0.2, 0) is 4.79 Å². The summed E-state index contributed by atoms with van der Waals surface area (Å²) < 4.78 is 11.3. The van der Waals surface area contributed by atoms with E-state index >= 15 is 0 Å². The van der Waals surface area contributed by atoms with E-state index in [9.17, 15) is 4.79 Å². The van der Waals surface area contributed by atoms with Gasteiger partial charge in [-0.2, -0.15) is 0 Å². The van der Waals surface area contributed by atoms with Gasteiger partial charge in [0.15, 0.2) is 11.5 Å². The Morgan fingerprint density at radius 3 is 2.73 bits per heavy atom.